The van der Waals surface area contributed by atoms with Crippen LogP contribution in [0.25, 0.3) is 0 Å². The molecular weight excluding hydrogens is 358 g/mol. The van der Waals surface area contributed by atoms with Gasteiger partial charge in [0.25, 0.3) is 5.91 Å². The van der Waals surface area contributed by atoms with Crippen molar-refractivity contribution in [1.82, 2.24) is 15.2 Å². The quantitative estimate of drug-likeness (QED) is 0.525. The van der Waals surface area contributed by atoms with Gasteiger partial charge in [0.1, 0.15) is 5.82 Å². The molecule has 0 radical (unpaired) electrons. The van der Waals surface area contributed by atoms with Crippen LogP contribution >= 0.6 is 0 Å². The van der Waals surface area contributed by atoms with E-state index in [0.29, 0.717) is 30.5 Å². The third kappa shape index (κ3) is 4.55. The number of rotatable bonds is 5. The van der Waals surface area contributed by atoms with Crippen LogP contribution in [-0.2, 0) is 10.2 Å². The van der Waals surface area contributed by atoms with E-state index < -0.39 is 5.91 Å². The number of carbonyl (C=O) groups is 1. The number of hydrogen-bond acceptors (Lipinski definition) is 8. The number of hydrazine groups is 1. The van der Waals surface area contributed by atoms with E-state index in [-0.39, 0.29) is 17.2 Å². The molecule has 28 heavy (non-hydrogen) atoms. The number of amides is 1. The number of carbonyl (C=O) groups excluding carboxylic acids is 1. The molecule has 1 aliphatic rings. The summed E-state index contributed by atoms with van der Waals surface area (Å²) in [7, 11) is 0. The highest BCUT2D eigenvalue weighted by molar-refractivity contribution is 5.97. The molecule has 2 aromatic rings. The molecule has 1 saturated heterocycles. The minimum absolute atomic E-state index is 0.0343. The minimum Gasteiger partial charge on any atom is -0.381 e. The van der Waals surface area contributed by atoms with Gasteiger partial charge in [-0.15, -0.1) is 10.2 Å². The fourth-order valence-corrected chi connectivity index (χ4v) is 3.00. The van der Waals surface area contributed by atoms with Gasteiger partial charge in [-0.25, -0.2) is 10.8 Å². The lowest BCUT2D eigenvalue weighted by Gasteiger charge is -2.31. The molecule has 150 valence electrons. The largest absolute Gasteiger partial charge is 0.381 e. The molecule has 1 amide bonds. The summed E-state index contributed by atoms with van der Waals surface area (Å²) < 4.78 is 5.38. The fraction of sp³-hybridized carbons (Fsp3) is 0.474. The number of nitrogens with one attached hydrogen (secondary N) is 1. The highest BCUT2D eigenvalue weighted by Crippen LogP contribution is 2.26. The Morgan fingerprint density at radius 3 is 2.61 bits per heavy atom. The first-order valence-electron chi connectivity index (χ1n) is 9.29. The summed E-state index contributed by atoms with van der Waals surface area (Å²) in [5, 5.41) is 12.8. The molecule has 3 heterocycles. The number of hydrogen-bond donors (Lipinski definition) is 3. The van der Waals surface area contributed by atoms with Crippen LogP contribution < -0.4 is 21.9 Å². The highest BCUT2D eigenvalue weighted by atomic mass is 16.5. The summed E-state index contributed by atoms with van der Waals surface area (Å²) in [5.41, 5.74) is 6.73. The van der Waals surface area contributed by atoms with Crippen LogP contribution in [0.5, 0.6) is 0 Å². The summed E-state index contributed by atoms with van der Waals surface area (Å²) in [4.78, 5) is 16.5. The van der Waals surface area contributed by atoms with Crippen molar-refractivity contribution in [2.24, 2.45) is 11.6 Å². The van der Waals surface area contributed by atoms with Crippen molar-refractivity contribution < 1.29 is 9.53 Å². The highest BCUT2D eigenvalue weighted by Gasteiger charge is 2.23. The van der Waals surface area contributed by atoms with Crippen LogP contribution in [-0.4, -0.2) is 40.3 Å². The van der Waals surface area contributed by atoms with Gasteiger partial charge in [-0.2, -0.15) is 0 Å². The predicted octanol–water partition coefficient (Wildman–Crippen LogP) is 1.87. The standard InChI is InChI=1S/C19H27N7O2/c1-19(2,3)14-5-4-6-15(23-14)22-13-11-16(24-25-17(13)18(20)27)26(21)12-7-9-28-10-8-12/h4-6,11-12H,7-10,21H2,1-3H3,(H2,20,27)(H,22,23,24). The normalized spacial score (nSPS) is 15.3. The maximum atomic E-state index is 11.8. The molecule has 5 N–H and O–H groups in total. The van der Waals surface area contributed by atoms with E-state index in [1.165, 1.54) is 0 Å². The smallest absolute Gasteiger partial charge is 0.271 e. The first kappa shape index (κ1) is 20.0. The fourth-order valence-electron chi connectivity index (χ4n) is 3.00. The number of aromatic nitrogens is 3. The van der Waals surface area contributed by atoms with Gasteiger partial charge in [-0.3, -0.25) is 9.80 Å². The van der Waals surface area contributed by atoms with E-state index in [0.717, 1.165) is 18.5 Å². The van der Waals surface area contributed by atoms with Crippen molar-refractivity contribution in [1.29, 1.82) is 0 Å². The van der Waals surface area contributed by atoms with E-state index >= 15 is 0 Å². The first-order chi connectivity index (χ1) is 13.3. The van der Waals surface area contributed by atoms with Crippen LogP contribution in [0, 0.1) is 0 Å². The van der Waals surface area contributed by atoms with E-state index in [1.807, 2.05) is 18.2 Å². The maximum absolute atomic E-state index is 11.8. The maximum Gasteiger partial charge on any atom is 0.271 e. The van der Waals surface area contributed by atoms with Crippen LogP contribution in [0.2, 0.25) is 0 Å². The molecule has 9 nitrogen and oxygen atoms in total. The van der Waals surface area contributed by atoms with Crippen LogP contribution in [0.4, 0.5) is 17.3 Å². The second kappa shape index (κ2) is 8.07. The number of primary amides is 1. The molecule has 0 unspecified atom stereocenters. The summed E-state index contributed by atoms with van der Waals surface area (Å²) in [6.45, 7) is 7.56. The van der Waals surface area contributed by atoms with Crippen molar-refractivity contribution >= 4 is 23.2 Å². The molecule has 3 rings (SSSR count). The predicted molar refractivity (Wildman–Crippen MR) is 107 cm³/mol. The van der Waals surface area contributed by atoms with Gasteiger partial charge in [0.15, 0.2) is 11.5 Å². The van der Waals surface area contributed by atoms with Crippen LogP contribution in [0.1, 0.15) is 49.8 Å². The number of nitrogens with two attached hydrogens (primary N) is 2. The van der Waals surface area contributed by atoms with Crippen LogP contribution in [0.3, 0.4) is 0 Å². The summed E-state index contributed by atoms with van der Waals surface area (Å²) in [6.07, 6.45) is 1.60. The molecule has 0 atom stereocenters. The Morgan fingerprint density at radius 1 is 1.25 bits per heavy atom. The molecule has 9 heteroatoms. The van der Waals surface area contributed by atoms with Crippen LogP contribution in [0.15, 0.2) is 24.3 Å². The lowest BCUT2D eigenvalue weighted by Crippen LogP contribution is -2.45. The first-order valence-corrected chi connectivity index (χ1v) is 9.29. The van der Waals surface area contributed by atoms with E-state index in [2.05, 4.69) is 41.3 Å². The summed E-state index contributed by atoms with van der Waals surface area (Å²) in [5.74, 6) is 6.61. The van der Waals surface area contributed by atoms with Gasteiger partial charge in [0.2, 0.25) is 0 Å². The Bertz CT molecular complexity index is 844. The van der Waals surface area contributed by atoms with Gasteiger partial charge < -0.3 is 15.8 Å². The Kier molecular flexibility index (Phi) is 5.76. The number of nitrogens with zero attached hydrogens (tertiary/aromatic N) is 4. The lowest BCUT2D eigenvalue weighted by molar-refractivity contribution is 0.0842. The molecule has 2 aromatic heterocycles. The Morgan fingerprint density at radius 2 is 1.96 bits per heavy atom. The number of ether oxygens (including phenoxy) is 1. The molecule has 0 aliphatic carbocycles. The lowest BCUT2D eigenvalue weighted by atomic mass is 9.92. The van der Waals surface area contributed by atoms with Gasteiger partial charge in [-0.05, 0) is 25.0 Å². The van der Waals surface area contributed by atoms with Gasteiger partial charge in [0.05, 0.1) is 11.7 Å². The topological polar surface area (TPSA) is 132 Å². The van der Waals surface area contributed by atoms with Gasteiger partial charge >= 0.3 is 0 Å². The average molecular weight is 385 g/mol. The second-order valence-corrected chi connectivity index (χ2v) is 7.86. The zero-order chi connectivity index (χ0) is 20.3. The van der Waals surface area contributed by atoms with Crippen molar-refractivity contribution in [3.8, 4) is 0 Å². The summed E-state index contributed by atoms with van der Waals surface area (Å²) in [6, 6.07) is 7.46. The van der Waals surface area contributed by atoms with E-state index in [4.69, 9.17) is 16.3 Å². The molecule has 1 aliphatic heterocycles. The third-order valence-electron chi connectivity index (χ3n) is 4.64. The number of pyridine rings is 1. The molecule has 0 bridgehead atoms. The average Bonchev–Trinajstić information content (AvgIpc) is 2.67. The van der Waals surface area contributed by atoms with Crippen molar-refractivity contribution in [3.63, 3.8) is 0 Å². The molecular formula is C19H27N7O2. The Labute approximate surface area is 164 Å². The van der Waals surface area contributed by atoms with Crippen molar-refractivity contribution in [3.05, 3.63) is 35.7 Å². The summed E-state index contributed by atoms with van der Waals surface area (Å²) >= 11 is 0. The molecule has 1 fully saturated rings. The SMILES string of the molecule is CC(C)(C)c1cccc(Nc2cc(N(N)C3CCOCC3)nnc2C(N)=O)n1. The van der Waals surface area contributed by atoms with E-state index in [9.17, 15) is 4.79 Å². The minimum atomic E-state index is -0.678. The molecule has 0 spiro atoms. The molecule has 0 saturated carbocycles. The van der Waals surface area contributed by atoms with Gasteiger partial charge in [-0.1, -0.05) is 26.8 Å². The zero-order valence-electron chi connectivity index (χ0n) is 16.5. The van der Waals surface area contributed by atoms with Gasteiger partial charge in [0, 0.05) is 30.4 Å². The molecule has 0 aromatic carbocycles. The van der Waals surface area contributed by atoms with E-state index in [1.54, 1.807) is 11.1 Å². The second-order valence-electron chi connectivity index (χ2n) is 7.86. The van der Waals surface area contributed by atoms with Crippen molar-refractivity contribution in [2.75, 3.05) is 23.5 Å². The van der Waals surface area contributed by atoms with Crippen molar-refractivity contribution in [2.45, 2.75) is 45.1 Å². The number of anilines is 3. The third-order valence-corrected chi connectivity index (χ3v) is 4.64. The Hall–Kier alpha value is -2.78. The zero-order valence-corrected chi connectivity index (χ0v) is 16.5. The Balaban J connectivity index is 1.91. The monoisotopic (exact) mass is 385 g/mol.